The lowest BCUT2D eigenvalue weighted by atomic mass is 10.0. The lowest BCUT2D eigenvalue weighted by Crippen LogP contribution is -2.47. The molecule has 7 nitrogen and oxygen atoms in total. The van der Waals surface area contributed by atoms with Gasteiger partial charge in [0.05, 0.1) is 19.1 Å². The molecule has 1 saturated carbocycles. The van der Waals surface area contributed by atoms with Gasteiger partial charge < -0.3 is 20.1 Å². The lowest BCUT2D eigenvalue weighted by molar-refractivity contribution is -0.134. The number of likely N-dealkylation sites (N-methyl/N-ethyl adjacent to an activating group) is 1. The Labute approximate surface area is 208 Å². The van der Waals surface area contributed by atoms with Crippen LogP contribution in [-0.2, 0) is 22.6 Å². The molecule has 0 aromatic heterocycles. The minimum absolute atomic E-state index is 0.0322. The maximum absolute atomic E-state index is 13.3. The molecule has 2 aromatic carbocycles. The fourth-order valence-electron chi connectivity index (χ4n) is 4.58. The Morgan fingerprint density at radius 1 is 1.23 bits per heavy atom. The zero-order valence-corrected chi connectivity index (χ0v) is 20.9. The second-order valence-electron chi connectivity index (χ2n) is 10.2. The van der Waals surface area contributed by atoms with Gasteiger partial charge in [-0.25, -0.2) is 0 Å². The number of nitrogens with zero attached hydrogens (tertiary/aromatic N) is 2. The third-order valence-electron chi connectivity index (χ3n) is 6.92. The number of aliphatic hydroxyl groups excluding tert-OH is 1. The van der Waals surface area contributed by atoms with Crippen LogP contribution in [0.4, 0.5) is 5.69 Å². The van der Waals surface area contributed by atoms with E-state index in [2.05, 4.69) is 36.3 Å². The fraction of sp³-hybridized carbons (Fsp3) is 0.500. The first-order chi connectivity index (χ1) is 16.8. The van der Waals surface area contributed by atoms with Crippen molar-refractivity contribution in [2.75, 3.05) is 32.1 Å². The van der Waals surface area contributed by atoms with Crippen LogP contribution in [0, 0.1) is 11.8 Å². The summed E-state index contributed by atoms with van der Waals surface area (Å²) >= 11 is 0. The van der Waals surface area contributed by atoms with Gasteiger partial charge in [0, 0.05) is 42.7 Å². The number of hydrogen-bond acceptors (Lipinski definition) is 5. The van der Waals surface area contributed by atoms with Gasteiger partial charge in [0.25, 0.3) is 0 Å². The van der Waals surface area contributed by atoms with Crippen molar-refractivity contribution in [1.82, 2.24) is 9.80 Å². The van der Waals surface area contributed by atoms with Crippen LogP contribution in [-0.4, -0.2) is 65.6 Å². The van der Waals surface area contributed by atoms with Crippen molar-refractivity contribution in [1.29, 1.82) is 0 Å². The second-order valence-corrected chi connectivity index (χ2v) is 10.2. The highest BCUT2D eigenvalue weighted by molar-refractivity contribution is 5.94. The summed E-state index contributed by atoms with van der Waals surface area (Å²) in [6.45, 7) is 5.85. The molecule has 2 aliphatic rings. The smallest absolute Gasteiger partial charge is 0.227 e. The third-order valence-corrected chi connectivity index (χ3v) is 6.92. The number of amides is 2. The first-order valence-corrected chi connectivity index (χ1v) is 12.6. The predicted molar refractivity (Wildman–Crippen MR) is 136 cm³/mol. The average Bonchev–Trinajstić information content (AvgIpc) is 3.68. The number of hydrogen-bond donors (Lipinski definition) is 2. The van der Waals surface area contributed by atoms with Gasteiger partial charge in [-0.05, 0) is 50.6 Å². The van der Waals surface area contributed by atoms with Crippen LogP contribution in [0.2, 0.25) is 0 Å². The highest BCUT2D eigenvalue weighted by atomic mass is 16.5. The maximum Gasteiger partial charge on any atom is 0.227 e. The van der Waals surface area contributed by atoms with Crippen LogP contribution in [0.5, 0.6) is 5.75 Å². The molecule has 2 N–H and O–H groups in total. The molecule has 1 aliphatic carbocycles. The Bertz CT molecular complexity index is 1020. The lowest BCUT2D eigenvalue weighted by Gasteiger charge is -2.34. The molecule has 0 bridgehead atoms. The number of ether oxygens (including phenoxy) is 1. The molecule has 7 heteroatoms. The number of carbonyl (C=O) groups excluding carboxylic acids is 2. The van der Waals surface area contributed by atoms with E-state index >= 15 is 0 Å². The Balaban J connectivity index is 1.58. The summed E-state index contributed by atoms with van der Waals surface area (Å²) in [5, 5.41) is 12.8. The number of nitrogens with one attached hydrogen (secondary N) is 1. The maximum atomic E-state index is 13.3. The van der Waals surface area contributed by atoms with E-state index in [0.29, 0.717) is 24.5 Å². The normalized spacial score (nSPS) is 21.4. The minimum Gasteiger partial charge on any atom is -0.488 e. The quantitative estimate of drug-likeness (QED) is 0.607. The first kappa shape index (κ1) is 25.2. The zero-order valence-electron chi connectivity index (χ0n) is 20.9. The molecular formula is C28H37N3O4. The summed E-state index contributed by atoms with van der Waals surface area (Å²) in [5.41, 5.74) is 2.67. The summed E-state index contributed by atoms with van der Waals surface area (Å²) in [6, 6.07) is 15.6. The van der Waals surface area contributed by atoms with Gasteiger partial charge in [0.1, 0.15) is 11.9 Å². The topological polar surface area (TPSA) is 82.1 Å². The van der Waals surface area contributed by atoms with Crippen molar-refractivity contribution in [3.63, 3.8) is 0 Å². The van der Waals surface area contributed by atoms with Crippen LogP contribution in [0.1, 0.15) is 37.8 Å². The molecule has 1 fully saturated rings. The van der Waals surface area contributed by atoms with Gasteiger partial charge in [-0.2, -0.15) is 0 Å². The molecule has 0 unspecified atom stereocenters. The minimum atomic E-state index is -0.285. The SMILES string of the molecule is C[C@@H]1CN([C@H](C)CO)C(=O)Cc2cc(NC(=O)C3CC3)ccc2O[C@H]1CN(C)Cc1ccccc1. The Morgan fingerprint density at radius 2 is 1.97 bits per heavy atom. The van der Waals surface area contributed by atoms with Gasteiger partial charge in [0.15, 0.2) is 0 Å². The summed E-state index contributed by atoms with van der Waals surface area (Å²) in [6.07, 6.45) is 1.87. The number of rotatable bonds is 8. The molecule has 0 radical (unpaired) electrons. The van der Waals surface area contributed by atoms with Gasteiger partial charge in [0.2, 0.25) is 11.8 Å². The molecule has 2 aromatic rings. The average molecular weight is 480 g/mol. The molecule has 0 saturated heterocycles. The van der Waals surface area contributed by atoms with Crippen molar-refractivity contribution in [3.8, 4) is 5.75 Å². The summed E-state index contributed by atoms with van der Waals surface area (Å²) < 4.78 is 6.57. The van der Waals surface area contributed by atoms with E-state index in [1.165, 1.54) is 5.56 Å². The summed E-state index contributed by atoms with van der Waals surface area (Å²) in [5.74, 6) is 0.805. The fourth-order valence-corrected chi connectivity index (χ4v) is 4.58. The summed E-state index contributed by atoms with van der Waals surface area (Å²) in [4.78, 5) is 29.6. The zero-order chi connectivity index (χ0) is 24.9. The van der Waals surface area contributed by atoms with Crippen molar-refractivity contribution in [2.45, 2.75) is 51.8 Å². The van der Waals surface area contributed by atoms with E-state index in [1.54, 1.807) is 4.90 Å². The molecule has 1 aliphatic heterocycles. The molecule has 0 spiro atoms. The molecular weight excluding hydrogens is 442 g/mol. The molecule has 3 atom stereocenters. The van der Waals surface area contributed by atoms with Crippen LogP contribution < -0.4 is 10.1 Å². The van der Waals surface area contributed by atoms with E-state index in [4.69, 9.17) is 4.74 Å². The number of aliphatic hydroxyl groups is 1. The first-order valence-electron chi connectivity index (χ1n) is 12.6. The number of fused-ring (bicyclic) bond motifs is 1. The van der Waals surface area contributed by atoms with E-state index in [9.17, 15) is 14.7 Å². The second kappa shape index (κ2) is 11.2. The van der Waals surface area contributed by atoms with Crippen molar-refractivity contribution >= 4 is 17.5 Å². The molecule has 2 amide bonds. The highest BCUT2D eigenvalue weighted by Gasteiger charge is 2.32. The monoisotopic (exact) mass is 479 g/mol. The van der Waals surface area contributed by atoms with Gasteiger partial charge in [-0.3, -0.25) is 14.5 Å². The molecule has 1 heterocycles. The van der Waals surface area contributed by atoms with Crippen LogP contribution >= 0.6 is 0 Å². The number of benzene rings is 2. The van der Waals surface area contributed by atoms with Crippen molar-refractivity contribution in [3.05, 3.63) is 59.7 Å². The van der Waals surface area contributed by atoms with E-state index in [0.717, 1.165) is 24.9 Å². The van der Waals surface area contributed by atoms with E-state index in [1.807, 2.05) is 43.3 Å². The van der Waals surface area contributed by atoms with Gasteiger partial charge in [-0.1, -0.05) is 37.3 Å². The standard InChI is InChI=1S/C28H37N3O4/c1-19-15-31(20(2)18-32)27(33)14-23-13-24(29-28(34)22-9-10-22)11-12-25(23)35-26(19)17-30(3)16-21-7-5-4-6-8-21/h4-8,11-13,19-20,22,26,32H,9-10,14-18H2,1-3H3,(H,29,34)/t19-,20-,26+/m1/s1. The summed E-state index contributed by atoms with van der Waals surface area (Å²) in [7, 11) is 2.08. The predicted octanol–water partition coefficient (Wildman–Crippen LogP) is 3.32. The van der Waals surface area contributed by atoms with E-state index in [-0.39, 0.29) is 48.8 Å². The van der Waals surface area contributed by atoms with Crippen molar-refractivity contribution < 1.29 is 19.4 Å². The van der Waals surface area contributed by atoms with Crippen LogP contribution in [0.15, 0.2) is 48.5 Å². The molecule has 35 heavy (non-hydrogen) atoms. The molecule has 188 valence electrons. The highest BCUT2D eigenvalue weighted by Crippen LogP contribution is 2.32. The van der Waals surface area contributed by atoms with Gasteiger partial charge in [-0.15, -0.1) is 0 Å². The van der Waals surface area contributed by atoms with Gasteiger partial charge >= 0.3 is 0 Å². The third kappa shape index (κ3) is 6.61. The number of anilines is 1. The Hall–Kier alpha value is -2.90. The van der Waals surface area contributed by atoms with Crippen LogP contribution in [0.3, 0.4) is 0 Å². The van der Waals surface area contributed by atoms with Crippen molar-refractivity contribution in [2.24, 2.45) is 11.8 Å². The largest absolute Gasteiger partial charge is 0.488 e. The van der Waals surface area contributed by atoms with E-state index < -0.39 is 0 Å². The molecule has 4 rings (SSSR count). The number of carbonyl (C=O) groups is 2. The Kier molecular flexibility index (Phi) is 8.08. The van der Waals surface area contributed by atoms with Crippen LogP contribution in [0.25, 0.3) is 0 Å². The Morgan fingerprint density at radius 3 is 2.66 bits per heavy atom.